The van der Waals surface area contributed by atoms with E-state index in [-0.39, 0.29) is 19.3 Å². The average Bonchev–Trinajstić information content (AvgIpc) is 2.88. The molecule has 0 amide bonds. The van der Waals surface area contributed by atoms with E-state index in [4.69, 9.17) is 9.31 Å². The molecule has 1 aromatic rings. The smallest absolute Gasteiger partial charge is 0.405 e. The maximum Gasteiger partial charge on any atom is 0.462 e. The molecule has 3 aliphatic carbocycles. The van der Waals surface area contributed by atoms with Crippen molar-refractivity contribution in [1.29, 1.82) is 0 Å². The highest BCUT2D eigenvalue weighted by Crippen LogP contribution is 2.61. The largest absolute Gasteiger partial charge is 0.462 e. The fourth-order valence-corrected chi connectivity index (χ4v) is 4.52. The Balaban J connectivity index is 1.42. The van der Waals surface area contributed by atoms with Gasteiger partial charge in [-0.3, -0.25) is 0 Å². The van der Waals surface area contributed by atoms with Gasteiger partial charge in [-0.15, -0.1) is 0 Å². The van der Waals surface area contributed by atoms with Crippen LogP contribution < -0.4 is 0 Å². The maximum absolute atomic E-state index is 12.6. The van der Waals surface area contributed by atoms with E-state index in [1.807, 2.05) is 0 Å². The van der Waals surface area contributed by atoms with Crippen LogP contribution >= 0.6 is 0 Å². The summed E-state index contributed by atoms with van der Waals surface area (Å²) >= 11 is 0. The fraction of sp³-hybridized carbons (Fsp3) is 0.647. The lowest BCUT2D eigenvalue weighted by molar-refractivity contribution is -0.150. The average molecular weight is 324 g/mol. The molecule has 1 aliphatic heterocycles. The lowest BCUT2D eigenvalue weighted by Crippen LogP contribution is -2.59. The van der Waals surface area contributed by atoms with Crippen molar-refractivity contribution < 1.29 is 22.5 Å². The number of halogens is 3. The monoisotopic (exact) mass is 324 g/mol. The van der Waals surface area contributed by atoms with Gasteiger partial charge < -0.3 is 9.31 Å². The van der Waals surface area contributed by atoms with Crippen molar-refractivity contribution >= 4 is 7.12 Å². The normalized spacial score (nSPS) is 34.9. The topological polar surface area (TPSA) is 18.5 Å². The van der Waals surface area contributed by atoms with E-state index in [1.165, 1.54) is 18.6 Å². The molecule has 4 atom stereocenters. The molecule has 3 saturated carbocycles. The van der Waals surface area contributed by atoms with Gasteiger partial charge in [0.2, 0.25) is 0 Å². The van der Waals surface area contributed by atoms with Crippen LogP contribution in [0.3, 0.4) is 0 Å². The second-order valence-electron chi connectivity index (χ2n) is 7.70. The van der Waals surface area contributed by atoms with Gasteiger partial charge in [0.25, 0.3) is 0 Å². The molecule has 0 spiro atoms. The third kappa shape index (κ3) is 2.50. The van der Waals surface area contributed by atoms with Crippen molar-refractivity contribution in [2.45, 2.75) is 51.4 Å². The maximum atomic E-state index is 12.6. The third-order valence-corrected chi connectivity index (χ3v) is 6.15. The molecule has 0 N–H and O–H groups in total. The minimum atomic E-state index is -4.29. The Morgan fingerprint density at radius 3 is 2.43 bits per heavy atom. The lowest BCUT2D eigenvalue weighted by atomic mass is 9.47. The van der Waals surface area contributed by atoms with Gasteiger partial charge in [0.1, 0.15) is 0 Å². The van der Waals surface area contributed by atoms with Crippen LogP contribution in [0, 0.1) is 17.3 Å². The highest BCUT2D eigenvalue weighted by atomic mass is 19.4. The van der Waals surface area contributed by atoms with Crippen molar-refractivity contribution in [3.8, 4) is 0 Å². The van der Waals surface area contributed by atoms with E-state index < -0.39 is 11.7 Å². The first-order chi connectivity index (χ1) is 10.7. The van der Waals surface area contributed by atoms with Gasteiger partial charge in [-0.1, -0.05) is 26.0 Å². The predicted molar refractivity (Wildman–Crippen MR) is 80.6 cm³/mol. The zero-order valence-electron chi connectivity index (χ0n) is 13.3. The molecule has 1 saturated heterocycles. The molecule has 1 aromatic carbocycles. The second-order valence-corrected chi connectivity index (χ2v) is 7.70. The molecule has 6 heteroatoms. The number of hydrogen-bond donors (Lipinski definition) is 0. The Bertz CT molecular complexity index is 599. The zero-order chi connectivity index (χ0) is 16.4. The van der Waals surface area contributed by atoms with Crippen LogP contribution in [-0.2, 0) is 21.8 Å². The van der Waals surface area contributed by atoms with Gasteiger partial charge in [-0.25, -0.2) is 0 Å². The van der Waals surface area contributed by atoms with Crippen LogP contribution in [0.1, 0.15) is 37.8 Å². The Labute approximate surface area is 134 Å². The summed E-state index contributed by atoms with van der Waals surface area (Å²) in [6.07, 6.45) is -1.23. The third-order valence-electron chi connectivity index (χ3n) is 6.15. The van der Waals surface area contributed by atoms with E-state index in [0.717, 1.165) is 24.1 Å². The minimum Gasteiger partial charge on any atom is -0.405 e. The molecule has 0 radical (unpaired) electrons. The van der Waals surface area contributed by atoms with Crippen molar-refractivity contribution in [2.75, 3.05) is 0 Å². The van der Waals surface area contributed by atoms with E-state index in [2.05, 4.69) is 13.8 Å². The Morgan fingerprint density at radius 1 is 1.13 bits per heavy atom. The fourth-order valence-electron chi connectivity index (χ4n) is 4.52. The molecule has 124 valence electrons. The Morgan fingerprint density at radius 2 is 1.83 bits per heavy atom. The molecule has 5 rings (SSSR count). The van der Waals surface area contributed by atoms with Crippen molar-refractivity contribution in [1.82, 2.24) is 0 Å². The molecule has 2 bridgehead atoms. The quantitative estimate of drug-likeness (QED) is 0.762. The van der Waals surface area contributed by atoms with Crippen LogP contribution in [0.15, 0.2) is 24.3 Å². The summed E-state index contributed by atoms with van der Waals surface area (Å²) in [5, 5.41) is 0. The molecular formula is C17H20BF3O2. The van der Waals surface area contributed by atoms with E-state index >= 15 is 0 Å². The molecular weight excluding hydrogens is 304 g/mol. The van der Waals surface area contributed by atoms with Gasteiger partial charge in [0.15, 0.2) is 0 Å². The first-order valence-corrected chi connectivity index (χ1v) is 8.22. The minimum absolute atomic E-state index is 0.148. The van der Waals surface area contributed by atoms with Crippen LogP contribution in [0.4, 0.5) is 13.2 Å². The van der Waals surface area contributed by atoms with Crippen LogP contribution in [-0.4, -0.2) is 19.3 Å². The lowest BCUT2D eigenvalue weighted by Gasteiger charge is -2.60. The van der Waals surface area contributed by atoms with Crippen LogP contribution in [0.5, 0.6) is 0 Å². The van der Waals surface area contributed by atoms with Crippen molar-refractivity contribution in [2.24, 2.45) is 17.3 Å². The predicted octanol–water partition coefficient (Wildman–Crippen LogP) is 4.13. The molecule has 4 unspecified atom stereocenters. The molecule has 0 aromatic heterocycles. The standard InChI is InChI=1S/C17H20BF3O2/c1-16(2)12-7-13(16)15-14(8-12)22-18(23-15)9-10-3-5-11(6-4-10)17(19,20)21/h3-6,12-15H,7-9H2,1-2H3. The molecule has 4 fully saturated rings. The summed E-state index contributed by atoms with van der Waals surface area (Å²) in [5.41, 5.74) is 0.521. The zero-order valence-corrected chi connectivity index (χ0v) is 13.3. The summed E-state index contributed by atoms with van der Waals surface area (Å²) in [6, 6.07) is 5.28. The summed E-state index contributed by atoms with van der Waals surface area (Å²) in [5.74, 6) is 1.26. The first kappa shape index (κ1) is 15.5. The van der Waals surface area contributed by atoms with Crippen LogP contribution in [0.2, 0.25) is 0 Å². The van der Waals surface area contributed by atoms with Crippen molar-refractivity contribution in [3.05, 3.63) is 35.4 Å². The Hall–Kier alpha value is -1.01. The van der Waals surface area contributed by atoms with Crippen LogP contribution in [0.25, 0.3) is 0 Å². The van der Waals surface area contributed by atoms with Gasteiger partial charge in [-0.2, -0.15) is 13.2 Å². The summed E-state index contributed by atoms with van der Waals surface area (Å²) in [6.45, 7) is 4.60. The number of hydrogen-bond acceptors (Lipinski definition) is 2. The summed E-state index contributed by atoms with van der Waals surface area (Å²) in [4.78, 5) is 0. The van der Waals surface area contributed by atoms with E-state index in [0.29, 0.717) is 23.6 Å². The van der Waals surface area contributed by atoms with Gasteiger partial charge in [0.05, 0.1) is 17.8 Å². The molecule has 2 nitrogen and oxygen atoms in total. The highest BCUT2D eigenvalue weighted by Gasteiger charge is 2.61. The second kappa shape index (κ2) is 4.99. The molecule has 23 heavy (non-hydrogen) atoms. The van der Waals surface area contributed by atoms with Gasteiger partial charge in [0, 0.05) is 6.32 Å². The first-order valence-electron chi connectivity index (χ1n) is 8.22. The molecule has 1 heterocycles. The van der Waals surface area contributed by atoms with E-state index in [1.54, 1.807) is 0 Å². The number of benzene rings is 1. The summed E-state index contributed by atoms with van der Waals surface area (Å²) < 4.78 is 49.9. The van der Waals surface area contributed by atoms with Gasteiger partial charge >= 0.3 is 13.3 Å². The van der Waals surface area contributed by atoms with Gasteiger partial charge in [-0.05, 0) is 47.8 Å². The number of rotatable bonds is 2. The SMILES string of the molecule is CC1(C)C2CC3OB(Cc4ccc(C(F)(F)F)cc4)OC3C1C2. The summed E-state index contributed by atoms with van der Waals surface area (Å²) in [7, 11) is -0.336. The molecule has 4 aliphatic rings. The Kier molecular flexibility index (Phi) is 3.37. The van der Waals surface area contributed by atoms with Crippen molar-refractivity contribution in [3.63, 3.8) is 0 Å². The van der Waals surface area contributed by atoms with E-state index in [9.17, 15) is 13.2 Å². The highest BCUT2D eigenvalue weighted by molar-refractivity contribution is 6.44. The number of alkyl halides is 3.